The summed E-state index contributed by atoms with van der Waals surface area (Å²) in [6.45, 7) is 2.31. The summed E-state index contributed by atoms with van der Waals surface area (Å²) >= 11 is 1.59. The number of amides is 1. The number of aromatic nitrogens is 2. The van der Waals surface area contributed by atoms with E-state index in [0.717, 1.165) is 43.3 Å². The summed E-state index contributed by atoms with van der Waals surface area (Å²) in [4.78, 5) is 11.8. The molecule has 1 N–H and O–H groups in total. The number of thioether (sulfide) groups is 1. The smallest absolute Gasteiger partial charge is 0.230 e. The highest BCUT2D eigenvalue weighted by molar-refractivity contribution is 7.99. The molecule has 1 atom stereocenters. The van der Waals surface area contributed by atoms with Gasteiger partial charge < -0.3 is 10.1 Å². The Bertz CT molecular complexity index is 624. The van der Waals surface area contributed by atoms with E-state index in [-0.39, 0.29) is 5.91 Å². The average molecular weight is 331 g/mol. The zero-order chi connectivity index (χ0) is 15.9. The van der Waals surface area contributed by atoms with Gasteiger partial charge in [-0.3, -0.25) is 4.79 Å². The van der Waals surface area contributed by atoms with Gasteiger partial charge in [-0.25, -0.2) is 4.68 Å². The highest BCUT2D eigenvalue weighted by Crippen LogP contribution is 2.13. The number of ether oxygens (including phenoxy) is 1. The van der Waals surface area contributed by atoms with Crippen molar-refractivity contribution >= 4 is 17.7 Å². The van der Waals surface area contributed by atoms with Crippen LogP contribution in [0.15, 0.2) is 42.6 Å². The second kappa shape index (κ2) is 8.17. The Labute approximate surface area is 140 Å². The van der Waals surface area contributed by atoms with Crippen LogP contribution in [0.2, 0.25) is 0 Å². The minimum absolute atomic E-state index is 0.0874. The van der Waals surface area contributed by atoms with E-state index in [1.54, 1.807) is 11.8 Å². The number of para-hydroxylation sites is 1. The third kappa shape index (κ3) is 4.84. The largest absolute Gasteiger partial charge is 0.381 e. The predicted octanol–water partition coefficient (Wildman–Crippen LogP) is 2.26. The molecule has 0 spiro atoms. The molecule has 3 rings (SSSR count). The van der Waals surface area contributed by atoms with Crippen LogP contribution in [0.5, 0.6) is 0 Å². The Balaban J connectivity index is 1.39. The third-order valence-electron chi connectivity index (χ3n) is 3.76. The number of hydrogen-bond acceptors (Lipinski definition) is 4. The molecule has 1 saturated heterocycles. The van der Waals surface area contributed by atoms with E-state index in [4.69, 9.17) is 4.74 Å². The van der Waals surface area contributed by atoms with Crippen molar-refractivity contribution in [3.05, 3.63) is 48.3 Å². The van der Waals surface area contributed by atoms with Crippen molar-refractivity contribution in [1.82, 2.24) is 15.1 Å². The predicted molar refractivity (Wildman–Crippen MR) is 91.7 cm³/mol. The Kier molecular flexibility index (Phi) is 5.71. The van der Waals surface area contributed by atoms with Gasteiger partial charge in [0.05, 0.1) is 23.7 Å². The first-order valence-corrected chi connectivity index (χ1v) is 8.99. The molecular weight excluding hydrogens is 310 g/mol. The van der Waals surface area contributed by atoms with Crippen molar-refractivity contribution in [2.24, 2.45) is 5.92 Å². The van der Waals surface area contributed by atoms with Crippen LogP contribution in [0.3, 0.4) is 0 Å². The summed E-state index contributed by atoms with van der Waals surface area (Å²) in [5, 5.41) is 7.51. The molecule has 122 valence electrons. The normalized spacial score (nSPS) is 17.3. The Morgan fingerprint density at radius 1 is 1.35 bits per heavy atom. The van der Waals surface area contributed by atoms with Gasteiger partial charge >= 0.3 is 0 Å². The number of nitrogens with zero attached hydrogens (tertiary/aromatic N) is 2. The zero-order valence-electron chi connectivity index (χ0n) is 13.0. The monoisotopic (exact) mass is 331 g/mol. The van der Waals surface area contributed by atoms with E-state index in [0.29, 0.717) is 11.7 Å². The number of carbonyl (C=O) groups excluding carboxylic acids is 1. The minimum atomic E-state index is 0.0874. The number of rotatable bonds is 7. The first kappa shape index (κ1) is 16.1. The van der Waals surface area contributed by atoms with Crippen LogP contribution in [-0.4, -0.2) is 41.2 Å². The number of benzene rings is 1. The van der Waals surface area contributed by atoms with Crippen molar-refractivity contribution < 1.29 is 9.53 Å². The summed E-state index contributed by atoms with van der Waals surface area (Å²) in [5.41, 5.74) is 2.02. The van der Waals surface area contributed by atoms with Gasteiger partial charge in [-0.05, 0) is 24.6 Å². The minimum Gasteiger partial charge on any atom is -0.381 e. The average Bonchev–Trinajstić information content (AvgIpc) is 3.26. The van der Waals surface area contributed by atoms with Crippen molar-refractivity contribution in [3.63, 3.8) is 0 Å². The second-order valence-electron chi connectivity index (χ2n) is 5.61. The molecule has 2 heterocycles. The lowest BCUT2D eigenvalue weighted by molar-refractivity contribution is -0.118. The fourth-order valence-electron chi connectivity index (χ4n) is 2.47. The van der Waals surface area contributed by atoms with Crippen LogP contribution in [0, 0.1) is 5.92 Å². The van der Waals surface area contributed by atoms with E-state index >= 15 is 0 Å². The lowest BCUT2D eigenvalue weighted by Crippen LogP contribution is -2.30. The number of nitrogens with one attached hydrogen (secondary N) is 1. The molecule has 1 amide bonds. The Morgan fingerprint density at radius 2 is 2.22 bits per heavy atom. The third-order valence-corrected chi connectivity index (χ3v) is 4.73. The molecular formula is C17H21N3O2S. The van der Waals surface area contributed by atoms with Crippen LogP contribution >= 0.6 is 11.8 Å². The maximum absolute atomic E-state index is 11.8. The van der Waals surface area contributed by atoms with E-state index in [1.807, 2.05) is 47.3 Å². The van der Waals surface area contributed by atoms with Gasteiger partial charge in [0, 0.05) is 31.0 Å². The van der Waals surface area contributed by atoms with E-state index < -0.39 is 0 Å². The van der Waals surface area contributed by atoms with Crippen LogP contribution in [0.1, 0.15) is 12.1 Å². The van der Waals surface area contributed by atoms with Gasteiger partial charge in [0.1, 0.15) is 0 Å². The van der Waals surface area contributed by atoms with Crippen LogP contribution in [0.4, 0.5) is 0 Å². The lowest BCUT2D eigenvalue weighted by atomic mass is 10.1. The highest BCUT2D eigenvalue weighted by Gasteiger charge is 2.16. The van der Waals surface area contributed by atoms with Gasteiger partial charge in [-0.15, -0.1) is 11.8 Å². The van der Waals surface area contributed by atoms with E-state index in [9.17, 15) is 4.79 Å². The van der Waals surface area contributed by atoms with Crippen molar-refractivity contribution in [2.45, 2.75) is 12.2 Å². The molecule has 0 radical (unpaired) electrons. The number of carbonyl (C=O) groups is 1. The summed E-state index contributed by atoms with van der Waals surface area (Å²) in [6, 6.07) is 12.0. The van der Waals surface area contributed by atoms with E-state index in [1.165, 1.54) is 0 Å². The van der Waals surface area contributed by atoms with E-state index in [2.05, 4.69) is 10.4 Å². The van der Waals surface area contributed by atoms with Crippen LogP contribution in [0.25, 0.3) is 5.69 Å². The van der Waals surface area contributed by atoms with Crippen LogP contribution in [-0.2, 0) is 15.3 Å². The molecule has 1 aliphatic heterocycles. The standard InChI is InChI=1S/C17H21N3O2S/c21-17(18-10-14-7-9-22-11-14)13-23-12-15-6-8-20(19-15)16-4-2-1-3-5-16/h1-6,8,14H,7,9-13H2,(H,18,21). The Morgan fingerprint density at radius 3 is 3.00 bits per heavy atom. The molecule has 2 aromatic rings. The molecule has 5 nitrogen and oxygen atoms in total. The van der Waals surface area contributed by atoms with Crippen molar-refractivity contribution in [2.75, 3.05) is 25.5 Å². The molecule has 23 heavy (non-hydrogen) atoms. The molecule has 0 aliphatic carbocycles. The van der Waals surface area contributed by atoms with Gasteiger partial charge in [0.2, 0.25) is 5.91 Å². The number of hydrogen-bond donors (Lipinski definition) is 1. The second-order valence-corrected chi connectivity index (χ2v) is 6.60. The molecule has 0 saturated carbocycles. The first-order valence-electron chi connectivity index (χ1n) is 7.83. The van der Waals surface area contributed by atoms with Crippen molar-refractivity contribution in [3.8, 4) is 5.69 Å². The lowest BCUT2D eigenvalue weighted by Gasteiger charge is -2.08. The fourth-order valence-corrected chi connectivity index (χ4v) is 3.22. The summed E-state index contributed by atoms with van der Waals surface area (Å²) < 4.78 is 7.16. The van der Waals surface area contributed by atoms with Gasteiger partial charge in [-0.1, -0.05) is 18.2 Å². The van der Waals surface area contributed by atoms with Crippen molar-refractivity contribution in [1.29, 1.82) is 0 Å². The fraction of sp³-hybridized carbons (Fsp3) is 0.412. The molecule has 1 unspecified atom stereocenters. The summed E-state index contributed by atoms with van der Waals surface area (Å²) in [7, 11) is 0. The Hall–Kier alpha value is -1.79. The maximum Gasteiger partial charge on any atom is 0.230 e. The summed E-state index contributed by atoms with van der Waals surface area (Å²) in [5.74, 6) is 1.76. The molecule has 1 aliphatic rings. The first-order chi connectivity index (χ1) is 11.3. The summed E-state index contributed by atoms with van der Waals surface area (Å²) in [6.07, 6.45) is 3.00. The molecule has 1 aromatic heterocycles. The molecule has 1 fully saturated rings. The quantitative estimate of drug-likeness (QED) is 0.845. The molecule has 6 heteroatoms. The molecule has 1 aromatic carbocycles. The topological polar surface area (TPSA) is 56.2 Å². The SMILES string of the molecule is O=C(CSCc1ccn(-c2ccccc2)n1)NCC1CCOC1. The van der Waals surface area contributed by atoms with Gasteiger partial charge in [-0.2, -0.15) is 5.10 Å². The highest BCUT2D eigenvalue weighted by atomic mass is 32.2. The maximum atomic E-state index is 11.8. The van der Waals surface area contributed by atoms with Crippen LogP contribution < -0.4 is 5.32 Å². The van der Waals surface area contributed by atoms with Gasteiger partial charge in [0.15, 0.2) is 0 Å². The van der Waals surface area contributed by atoms with Gasteiger partial charge in [0.25, 0.3) is 0 Å². The zero-order valence-corrected chi connectivity index (χ0v) is 13.8. The molecule has 0 bridgehead atoms.